The van der Waals surface area contributed by atoms with Crippen molar-refractivity contribution in [1.82, 2.24) is 15.5 Å². The number of nitrogens with zero attached hydrogens (tertiary/aromatic N) is 2. The molecular formula is C20H22N4O2. The predicted molar refractivity (Wildman–Crippen MR) is 102 cm³/mol. The average Bonchev–Trinajstić information content (AvgIpc) is 3.12. The highest BCUT2D eigenvalue weighted by atomic mass is 16.5. The lowest BCUT2D eigenvalue weighted by atomic mass is 10.1. The number of amides is 2. The molecule has 2 amide bonds. The maximum atomic E-state index is 12.0. The van der Waals surface area contributed by atoms with Crippen molar-refractivity contribution in [1.29, 1.82) is 0 Å². The molecule has 0 saturated carbocycles. The van der Waals surface area contributed by atoms with Gasteiger partial charge in [-0.25, -0.2) is 4.79 Å². The van der Waals surface area contributed by atoms with Crippen molar-refractivity contribution in [3.8, 4) is 22.8 Å². The van der Waals surface area contributed by atoms with Gasteiger partial charge in [-0.15, -0.1) is 0 Å². The van der Waals surface area contributed by atoms with E-state index in [1.165, 1.54) is 0 Å². The fourth-order valence-corrected chi connectivity index (χ4v) is 2.47. The molecule has 1 unspecified atom stereocenters. The van der Waals surface area contributed by atoms with Gasteiger partial charge in [-0.1, -0.05) is 41.9 Å². The Bertz CT molecular complexity index is 904. The highest BCUT2D eigenvalue weighted by Gasteiger charge is 2.12. The number of rotatable bonds is 5. The molecule has 1 heterocycles. The zero-order chi connectivity index (χ0) is 18.5. The Balaban J connectivity index is 1.77. The Kier molecular flexibility index (Phi) is 5.31. The molecule has 26 heavy (non-hydrogen) atoms. The third-order valence-electron chi connectivity index (χ3n) is 4.06. The smallest absolute Gasteiger partial charge is 0.319 e. The van der Waals surface area contributed by atoms with Gasteiger partial charge >= 0.3 is 6.03 Å². The van der Waals surface area contributed by atoms with E-state index in [1.807, 2.05) is 69.3 Å². The molecule has 6 heteroatoms. The highest BCUT2D eigenvalue weighted by molar-refractivity contribution is 5.90. The van der Waals surface area contributed by atoms with Crippen LogP contribution in [0, 0.1) is 6.92 Å². The molecule has 1 atom stereocenters. The minimum absolute atomic E-state index is 0.118. The van der Waals surface area contributed by atoms with Crippen molar-refractivity contribution in [3.63, 3.8) is 0 Å². The van der Waals surface area contributed by atoms with Crippen LogP contribution in [0.2, 0.25) is 0 Å². The van der Waals surface area contributed by atoms with Crippen LogP contribution in [-0.2, 0) is 0 Å². The van der Waals surface area contributed by atoms with Crippen molar-refractivity contribution in [3.05, 3.63) is 54.1 Å². The number of urea groups is 1. The van der Waals surface area contributed by atoms with E-state index in [0.29, 0.717) is 17.4 Å². The standard InChI is InChI=1S/C20H22N4O2/c1-4-14(3)21-20(25)22-17-10-6-8-15(12-17)18-23-19(26-24-18)16-9-5-7-13(2)11-16/h5-12,14H,4H2,1-3H3,(H2,21,22,25). The van der Waals surface area contributed by atoms with Gasteiger partial charge in [0.05, 0.1) is 0 Å². The number of benzene rings is 2. The third kappa shape index (κ3) is 4.27. The second kappa shape index (κ2) is 7.82. The topological polar surface area (TPSA) is 80.0 Å². The minimum atomic E-state index is -0.231. The molecule has 0 aliphatic carbocycles. The molecule has 0 bridgehead atoms. The summed E-state index contributed by atoms with van der Waals surface area (Å²) in [6, 6.07) is 15.1. The van der Waals surface area contributed by atoms with Crippen LogP contribution in [0.5, 0.6) is 0 Å². The van der Waals surface area contributed by atoms with E-state index in [0.717, 1.165) is 23.1 Å². The minimum Gasteiger partial charge on any atom is -0.335 e. The van der Waals surface area contributed by atoms with Crippen LogP contribution in [0.1, 0.15) is 25.8 Å². The first-order chi connectivity index (χ1) is 12.5. The highest BCUT2D eigenvalue weighted by Crippen LogP contribution is 2.24. The van der Waals surface area contributed by atoms with Crippen LogP contribution >= 0.6 is 0 Å². The zero-order valence-electron chi connectivity index (χ0n) is 15.1. The molecule has 3 aromatic rings. The van der Waals surface area contributed by atoms with E-state index < -0.39 is 0 Å². The largest absolute Gasteiger partial charge is 0.335 e. The lowest BCUT2D eigenvalue weighted by Crippen LogP contribution is -2.35. The van der Waals surface area contributed by atoms with Crippen molar-refractivity contribution >= 4 is 11.7 Å². The summed E-state index contributed by atoms with van der Waals surface area (Å²) in [7, 11) is 0. The van der Waals surface area contributed by atoms with Gasteiger partial charge < -0.3 is 15.2 Å². The van der Waals surface area contributed by atoms with Crippen molar-refractivity contribution in [2.24, 2.45) is 0 Å². The van der Waals surface area contributed by atoms with Crippen molar-refractivity contribution < 1.29 is 9.32 Å². The monoisotopic (exact) mass is 350 g/mol. The summed E-state index contributed by atoms with van der Waals surface area (Å²) in [6.07, 6.45) is 0.873. The number of aromatic nitrogens is 2. The maximum absolute atomic E-state index is 12.0. The van der Waals surface area contributed by atoms with Gasteiger partial charge in [-0.3, -0.25) is 0 Å². The van der Waals surface area contributed by atoms with Crippen LogP contribution in [0.3, 0.4) is 0 Å². The normalized spacial score (nSPS) is 11.8. The Hall–Kier alpha value is -3.15. The van der Waals surface area contributed by atoms with E-state index in [4.69, 9.17) is 4.52 Å². The second-order valence-corrected chi connectivity index (χ2v) is 6.28. The summed E-state index contributed by atoms with van der Waals surface area (Å²) < 4.78 is 5.39. The van der Waals surface area contributed by atoms with Gasteiger partial charge in [0.15, 0.2) is 0 Å². The fraction of sp³-hybridized carbons (Fsp3) is 0.250. The van der Waals surface area contributed by atoms with Gasteiger partial charge in [-0.05, 0) is 44.5 Å². The lowest BCUT2D eigenvalue weighted by molar-refractivity contribution is 0.249. The number of hydrogen-bond donors (Lipinski definition) is 2. The summed E-state index contributed by atoms with van der Waals surface area (Å²) in [4.78, 5) is 16.4. The Morgan fingerprint density at radius 3 is 2.69 bits per heavy atom. The molecule has 0 fully saturated rings. The third-order valence-corrected chi connectivity index (χ3v) is 4.06. The van der Waals surface area contributed by atoms with E-state index in [9.17, 15) is 4.79 Å². The number of carbonyl (C=O) groups excluding carboxylic acids is 1. The van der Waals surface area contributed by atoms with Gasteiger partial charge in [0.1, 0.15) is 0 Å². The quantitative estimate of drug-likeness (QED) is 0.703. The predicted octanol–water partition coefficient (Wildman–Crippen LogP) is 4.63. The van der Waals surface area contributed by atoms with Gasteiger partial charge in [0.2, 0.25) is 5.82 Å². The molecule has 2 N–H and O–H groups in total. The Labute approximate surface area is 152 Å². The zero-order valence-corrected chi connectivity index (χ0v) is 15.1. The van der Waals surface area contributed by atoms with Crippen LogP contribution < -0.4 is 10.6 Å². The molecule has 3 rings (SSSR count). The summed E-state index contributed by atoms with van der Waals surface area (Å²) in [5.74, 6) is 0.948. The first kappa shape index (κ1) is 17.7. The number of nitrogens with one attached hydrogen (secondary N) is 2. The molecule has 134 valence electrons. The summed E-state index contributed by atoms with van der Waals surface area (Å²) in [5, 5.41) is 9.76. The summed E-state index contributed by atoms with van der Waals surface area (Å²) in [6.45, 7) is 6.00. The fourth-order valence-electron chi connectivity index (χ4n) is 2.47. The van der Waals surface area contributed by atoms with E-state index in [2.05, 4.69) is 20.8 Å². The van der Waals surface area contributed by atoms with Crippen molar-refractivity contribution in [2.75, 3.05) is 5.32 Å². The summed E-state index contributed by atoms with van der Waals surface area (Å²) in [5.41, 5.74) is 3.45. The molecule has 0 aliphatic rings. The number of hydrogen-bond acceptors (Lipinski definition) is 4. The van der Waals surface area contributed by atoms with E-state index >= 15 is 0 Å². The average molecular weight is 350 g/mol. The first-order valence-electron chi connectivity index (χ1n) is 8.64. The molecule has 0 aliphatic heterocycles. The maximum Gasteiger partial charge on any atom is 0.319 e. The van der Waals surface area contributed by atoms with Crippen LogP contribution in [0.15, 0.2) is 53.1 Å². The van der Waals surface area contributed by atoms with E-state index in [-0.39, 0.29) is 12.1 Å². The van der Waals surface area contributed by atoms with Gasteiger partial charge in [0.25, 0.3) is 5.89 Å². The Morgan fingerprint density at radius 2 is 1.92 bits per heavy atom. The number of carbonyl (C=O) groups is 1. The van der Waals surface area contributed by atoms with Crippen molar-refractivity contribution in [2.45, 2.75) is 33.2 Å². The number of anilines is 1. The van der Waals surface area contributed by atoms with Gasteiger partial charge in [-0.2, -0.15) is 4.98 Å². The summed E-state index contributed by atoms with van der Waals surface area (Å²) >= 11 is 0. The number of aryl methyl sites for hydroxylation is 1. The second-order valence-electron chi connectivity index (χ2n) is 6.28. The lowest BCUT2D eigenvalue weighted by Gasteiger charge is -2.12. The van der Waals surface area contributed by atoms with Gasteiger partial charge in [0, 0.05) is 22.9 Å². The van der Waals surface area contributed by atoms with Crippen LogP contribution in [0.25, 0.3) is 22.8 Å². The van der Waals surface area contributed by atoms with Crippen LogP contribution in [-0.4, -0.2) is 22.2 Å². The molecule has 2 aromatic carbocycles. The SMILES string of the molecule is CCC(C)NC(=O)Nc1cccc(-c2noc(-c3cccc(C)c3)n2)c1. The molecule has 1 aromatic heterocycles. The molecule has 0 saturated heterocycles. The van der Waals surface area contributed by atoms with Crippen LogP contribution in [0.4, 0.5) is 10.5 Å². The first-order valence-corrected chi connectivity index (χ1v) is 8.64. The molecular weight excluding hydrogens is 328 g/mol. The molecule has 0 spiro atoms. The Morgan fingerprint density at radius 1 is 1.15 bits per heavy atom. The molecule has 6 nitrogen and oxygen atoms in total. The van der Waals surface area contributed by atoms with E-state index in [1.54, 1.807) is 0 Å². The molecule has 0 radical (unpaired) electrons.